The van der Waals surface area contributed by atoms with Gasteiger partial charge in [-0.05, 0) is 44.3 Å². The summed E-state index contributed by atoms with van der Waals surface area (Å²) >= 11 is 2.79. The van der Waals surface area contributed by atoms with E-state index in [-0.39, 0.29) is 30.0 Å². The van der Waals surface area contributed by atoms with Gasteiger partial charge in [0.25, 0.3) is 0 Å². The molecule has 1 unspecified atom stereocenters. The molecule has 1 aliphatic rings. The van der Waals surface area contributed by atoms with Crippen molar-refractivity contribution >= 4 is 52.6 Å². The van der Waals surface area contributed by atoms with Crippen molar-refractivity contribution in [1.29, 1.82) is 0 Å². The fourth-order valence-corrected chi connectivity index (χ4v) is 4.94. The van der Waals surface area contributed by atoms with Crippen molar-refractivity contribution in [3.05, 3.63) is 38.5 Å². The zero-order chi connectivity index (χ0) is 20.7. The zero-order valence-corrected chi connectivity index (χ0v) is 20.7. The first-order chi connectivity index (χ1) is 14.0. The molecule has 2 aromatic heterocycles. The van der Waals surface area contributed by atoms with Gasteiger partial charge in [0.2, 0.25) is 0 Å². The van der Waals surface area contributed by atoms with Gasteiger partial charge >= 0.3 is 6.18 Å². The second-order valence-corrected chi connectivity index (χ2v) is 8.72. The summed E-state index contributed by atoms with van der Waals surface area (Å²) in [5.41, 5.74) is -0.817. The molecule has 3 heterocycles. The molecule has 5 nitrogen and oxygen atoms in total. The summed E-state index contributed by atoms with van der Waals surface area (Å²) in [6, 6.07) is 4.49. The number of thiophene rings is 1. The second kappa shape index (κ2) is 12.2. The summed E-state index contributed by atoms with van der Waals surface area (Å²) in [5, 5.41) is 10.1. The van der Waals surface area contributed by atoms with E-state index in [1.54, 1.807) is 11.3 Å². The Morgan fingerprint density at radius 3 is 2.63 bits per heavy atom. The number of nitrogens with zero attached hydrogens (tertiary/aromatic N) is 3. The highest BCUT2D eigenvalue weighted by Crippen LogP contribution is 2.30. The van der Waals surface area contributed by atoms with E-state index >= 15 is 0 Å². The van der Waals surface area contributed by atoms with Crippen LogP contribution in [0.25, 0.3) is 0 Å². The highest BCUT2D eigenvalue weighted by Gasteiger charge is 2.33. The Kier molecular flexibility index (Phi) is 10.3. The van der Waals surface area contributed by atoms with Crippen LogP contribution in [-0.2, 0) is 12.6 Å². The number of thiazole rings is 1. The van der Waals surface area contributed by atoms with Gasteiger partial charge in [0.15, 0.2) is 11.7 Å². The summed E-state index contributed by atoms with van der Waals surface area (Å²) in [7, 11) is 0. The van der Waals surface area contributed by atoms with Crippen molar-refractivity contribution in [3.8, 4) is 0 Å². The van der Waals surface area contributed by atoms with E-state index < -0.39 is 11.9 Å². The van der Waals surface area contributed by atoms with Crippen LogP contribution in [0.1, 0.15) is 41.4 Å². The van der Waals surface area contributed by atoms with Crippen molar-refractivity contribution < 1.29 is 13.2 Å². The van der Waals surface area contributed by atoms with E-state index in [9.17, 15) is 13.2 Å². The Morgan fingerprint density at radius 1 is 1.27 bits per heavy atom. The third-order valence-electron chi connectivity index (χ3n) is 4.69. The third kappa shape index (κ3) is 7.34. The molecular weight excluding hydrogens is 546 g/mol. The van der Waals surface area contributed by atoms with E-state index in [2.05, 4.69) is 38.0 Å². The average molecular weight is 573 g/mol. The minimum absolute atomic E-state index is 0. The number of hydrogen-bond acceptors (Lipinski definition) is 5. The topological polar surface area (TPSA) is 52.6 Å². The SMILES string of the molecule is CCNC(=NCC(c1cccs1)N1CCCC1)NCCc1nc(C(F)(F)F)cs1.I. The number of alkyl halides is 3. The number of aliphatic imine (C=N–C) groups is 1. The van der Waals surface area contributed by atoms with Crippen molar-refractivity contribution in [1.82, 2.24) is 20.5 Å². The molecule has 11 heteroatoms. The molecule has 1 atom stereocenters. The molecule has 0 aliphatic carbocycles. The van der Waals surface area contributed by atoms with E-state index in [1.165, 1.54) is 17.7 Å². The molecule has 3 rings (SSSR count). The summed E-state index contributed by atoms with van der Waals surface area (Å²) < 4.78 is 38.0. The van der Waals surface area contributed by atoms with Crippen LogP contribution in [-0.4, -0.2) is 48.6 Å². The molecule has 1 fully saturated rings. The molecule has 0 spiro atoms. The Balaban J connectivity index is 0.00000320. The predicted molar refractivity (Wildman–Crippen MR) is 128 cm³/mol. The summed E-state index contributed by atoms with van der Waals surface area (Å²) in [4.78, 5) is 12.2. The van der Waals surface area contributed by atoms with Crippen LogP contribution >= 0.6 is 46.7 Å². The zero-order valence-electron chi connectivity index (χ0n) is 16.7. The molecule has 0 amide bonds. The first kappa shape index (κ1) is 25.3. The first-order valence-electron chi connectivity index (χ1n) is 9.78. The molecule has 30 heavy (non-hydrogen) atoms. The van der Waals surface area contributed by atoms with Crippen molar-refractivity contribution in [2.75, 3.05) is 32.7 Å². The number of rotatable bonds is 8. The van der Waals surface area contributed by atoms with Crippen molar-refractivity contribution in [3.63, 3.8) is 0 Å². The first-order valence-corrected chi connectivity index (χ1v) is 11.5. The van der Waals surface area contributed by atoms with Crippen LogP contribution in [0, 0.1) is 0 Å². The Labute approximate surface area is 200 Å². The van der Waals surface area contributed by atoms with Gasteiger partial charge in [0.05, 0.1) is 17.6 Å². The van der Waals surface area contributed by atoms with E-state index in [0.717, 1.165) is 29.8 Å². The van der Waals surface area contributed by atoms with Crippen molar-refractivity contribution in [2.45, 2.75) is 38.4 Å². The number of halogens is 4. The monoisotopic (exact) mass is 573 g/mol. The lowest BCUT2D eigenvalue weighted by Crippen LogP contribution is -2.39. The molecule has 168 valence electrons. The van der Waals surface area contributed by atoms with E-state index in [0.29, 0.717) is 37.0 Å². The number of nitrogens with one attached hydrogen (secondary N) is 2. The molecule has 2 N–H and O–H groups in total. The van der Waals surface area contributed by atoms with Gasteiger partial charge in [-0.1, -0.05) is 6.07 Å². The average Bonchev–Trinajstić information content (AvgIpc) is 3.44. The molecule has 0 bridgehead atoms. The Bertz CT molecular complexity index is 773. The summed E-state index contributed by atoms with van der Waals surface area (Å²) in [6.45, 7) is 6.01. The predicted octanol–water partition coefficient (Wildman–Crippen LogP) is 4.78. The lowest BCUT2D eigenvalue weighted by molar-refractivity contribution is -0.140. The minimum Gasteiger partial charge on any atom is -0.357 e. The molecule has 1 saturated heterocycles. The molecule has 0 radical (unpaired) electrons. The van der Waals surface area contributed by atoms with Gasteiger partial charge < -0.3 is 10.6 Å². The highest BCUT2D eigenvalue weighted by atomic mass is 127. The molecular formula is C19H27F3IN5S2. The Morgan fingerprint density at radius 2 is 2.03 bits per heavy atom. The normalized spacial score (nSPS) is 16.3. The van der Waals surface area contributed by atoms with Gasteiger partial charge in [-0.2, -0.15) is 13.2 Å². The van der Waals surface area contributed by atoms with E-state index in [4.69, 9.17) is 4.99 Å². The molecule has 0 aromatic carbocycles. The van der Waals surface area contributed by atoms with Crippen LogP contribution in [0.15, 0.2) is 27.9 Å². The third-order valence-corrected chi connectivity index (χ3v) is 6.58. The lowest BCUT2D eigenvalue weighted by atomic mass is 10.2. The smallest absolute Gasteiger partial charge is 0.357 e. The lowest BCUT2D eigenvalue weighted by Gasteiger charge is -2.25. The van der Waals surface area contributed by atoms with Crippen LogP contribution in [0.3, 0.4) is 0 Å². The summed E-state index contributed by atoms with van der Waals surface area (Å²) in [5.74, 6) is 0.681. The van der Waals surface area contributed by atoms with Gasteiger partial charge in [0, 0.05) is 29.8 Å². The molecule has 0 saturated carbocycles. The number of aromatic nitrogens is 1. The summed E-state index contributed by atoms with van der Waals surface area (Å²) in [6.07, 6.45) is -1.52. The van der Waals surface area contributed by atoms with Gasteiger partial charge in [-0.15, -0.1) is 46.7 Å². The van der Waals surface area contributed by atoms with Crippen LogP contribution in [0.5, 0.6) is 0 Å². The number of hydrogen-bond donors (Lipinski definition) is 2. The van der Waals surface area contributed by atoms with Crippen molar-refractivity contribution in [2.24, 2.45) is 4.99 Å². The van der Waals surface area contributed by atoms with Gasteiger partial charge in [0.1, 0.15) is 0 Å². The maximum absolute atomic E-state index is 12.7. The number of guanidine groups is 1. The number of likely N-dealkylation sites (tertiary alicyclic amines) is 1. The largest absolute Gasteiger partial charge is 0.434 e. The maximum Gasteiger partial charge on any atom is 0.434 e. The second-order valence-electron chi connectivity index (χ2n) is 6.79. The quantitative estimate of drug-likeness (QED) is 0.272. The van der Waals surface area contributed by atoms with Crippen LogP contribution < -0.4 is 10.6 Å². The van der Waals surface area contributed by atoms with Crippen LogP contribution in [0.2, 0.25) is 0 Å². The van der Waals surface area contributed by atoms with Crippen LogP contribution in [0.4, 0.5) is 13.2 Å². The highest BCUT2D eigenvalue weighted by molar-refractivity contribution is 14.0. The Hall–Kier alpha value is -0.920. The standard InChI is InChI=1S/C19H26F3N5S2.HI/c1-2-23-18(24-8-7-17-26-16(13-29-17)19(20,21)22)25-12-14(15-6-5-11-28-15)27-9-3-4-10-27;/h5-6,11,13-14H,2-4,7-10,12H2,1H3,(H2,23,24,25);1H. The maximum atomic E-state index is 12.7. The fraction of sp³-hybridized carbons (Fsp3) is 0.579. The fourth-order valence-electron chi connectivity index (χ4n) is 3.28. The molecule has 1 aliphatic heterocycles. The van der Waals surface area contributed by atoms with E-state index in [1.807, 2.05) is 6.92 Å². The minimum atomic E-state index is -4.38. The van der Waals surface area contributed by atoms with Gasteiger partial charge in [-0.3, -0.25) is 9.89 Å². The van der Waals surface area contributed by atoms with Gasteiger partial charge in [-0.25, -0.2) is 4.98 Å². The molecule has 2 aromatic rings.